The molecule has 124 valence electrons. The molecular formula is C13H21F3O5. The minimum absolute atomic E-state index is 0.0969. The van der Waals surface area contributed by atoms with Crippen molar-refractivity contribution < 1.29 is 36.9 Å². The van der Waals surface area contributed by atoms with E-state index in [2.05, 4.69) is 10.7 Å². The first-order valence-corrected chi connectivity index (χ1v) is 6.45. The van der Waals surface area contributed by atoms with E-state index in [4.69, 9.17) is 25.4 Å². The van der Waals surface area contributed by atoms with Gasteiger partial charge in [0.25, 0.3) is 0 Å². The average Bonchev–Trinajstić information content (AvgIpc) is 2.42. The molecule has 0 bridgehead atoms. The monoisotopic (exact) mass is 314 g/mol. The number of ether oxygens (including phenoxy) is 5. The van der Waals surface area contributed by atoms with Gasteiger partial charge in [-0.1, -0.05) is 5.92 Å². The van der Waals surface area contributed by atoms with Crippen molar-refractivity contribution >= 4 is 0 Å². The summed E-state index contributed by atoms with van der Waals surface area (Å²) in [6, 6.07) is 0. The molecule has 0 saturated heterocycles. The summed E-state index contributed by atoms with van der Waals surface area (Å²) in [7, 11) is 0. The Morgan fingerprint density at radius 3 is 1.43 bits per heavy atom. The maximum atomic E-state index is 11.7. The molecule has 0 amide bonds. The number of hydrogen-bond donors (Lipinski definition) is 0. The summed E-state index contributed by atoms with van der Waals surface area (Å²) in [6.45, 7) is 1.36. The van der Waals surface area contributed by atoms with E-state index in [9.17, 15) is 13.2 Å². The summed E-state index contributed by atoms with van der Waals surface area (Å²) in [6.07, 6.45) is 0.693. The number of halogens is 3. The Morgan fingerprint density at radius 1 is 0.667 bits per heavy atom. The lowest BCUT2D eigenvalue weighted by molar-refractivity contribution is -0.176. The van der Waals surface area contributed by atoms with Crippen LogP contribution in [0.2, 0.25) is 0 Å². The highest BCUT2D eigenvalue weighted by atomic mass is 19.4. The van der Waals surface area contributed by atoms with Crippen LogP contribution in [0.1, 0.15) is 0 Å². The van der Waals surface area contributed by atoms with Crippen LogP contribution in [-0.2, 0) is 23.7 Å². The van der Waals surface area contributed by atoms with Crippen LogP contribution in [0.4, 0.5) is 13.2 Å². The zero-order valence-electron chi connectivity index (χ0n) is 11.8. The van der Waals surface area contributed by atoms with Gasteiger partial charge in [0.2, 0.25) is 0 Å². The molecular weight excluding hydrogens is 293 g/mol. The second-order valence-corrected chi connectivity index (χ2v) is 3.76. The SMILES string of the molecule is C#CCOCCOCCOCCOCCOCC(F)(F)F. The van der Waals surface area contributed by atoms with E-state index in [0.29, 0.717) is 39.6 Å². The van der Waals surface area contributed by atoms with Crippen molar-refractivity contribution in [3.63, 3.8) is 0 Å². The lowest BCUT2D eigenvalue weighted by Gasteiger charge is -2.08. The van der Waals surface area contributed by atoms with Gasteiger partial charge in [0, 0.05) is 0 Å². The average molecular weight is 314 g/mol. The van der Waals surface area contributed by atoms with E-state index in [0.717, 1.165) is 0 Å². The molecule has 0 spiro atoms. The molecule has 0 aliphatic heterocycles. The molecule has 0 fully saturated rings. The molecule has 0 aliphatic rings. The number of hydrogen-bond acceptors (Lipinski definition) is 5. The smallest absolute Gasteiger partial charge is 0.377 e. The Kier molecular flexibility index (Phi) is 13.5. The van der Waals surface area contributed by atoms with Gasteiger partial charge in [-0.25, -0.2) is 0 Å². The highest BCUT2D eigenvalue weighted by Crippen LogP contribution is 2.13. The normalized spacial score (nSPS) is 11.5. The maximum absolute atomic E-state index is 11.7. The third-order valence-corrected chi connectivity index (χ3v) is 1.94. The zero-order chi connectivity index (χ0) is 15.8. The van der Waals surface area contributed by atoms with Crippen LogP contribution in [0, 0.1) is 12.3 Å². The van der Waals surface area contributed by atoms with Crippen molar-refractivity contribution in [1.29, 1.82) is 0 Å². The zero-order valence-corrected chi connectivity index (χ0v) is 11.8. The largest absolute Gasteiger partial charge is 0.411 e. The van der Waals surface area contributed by atoms with Crippen molar-refractivity contribution in [3.05, 3.63) is 0 Å². The van der Waals surface area contributed by atoms with Crippen LogP contribution in [0.5, 0.6) is 0 Å². The summed E-state index contributed by atoms with van der Waals surface area (Å²) >= 11 is 0. The van der Waals surface area contributed by atoms with E-state index in [1.807, 2.05) is 0 Å². The molecule has 0 N–H and O–H groups in total. The first-order valence-electron chi connectivity index (χ1n) is 6.45. The molecule has 5 nitrogen and oxygen atoms in total. The fourth-order valence-electron chi connectivity index (χ4n) is 1.10. The van der Waals surface area contributed by atoms with Gasteiger partial charge >= 0.3 is 6.18 Å². The van der Waals surface area contributed by atoms with Crippen molar-refractivity contribution in [3.8, 4) is 12.3 Å². The van der Waals surface area contributed by atoms with Crippen LogP contribution in [0.25, 0.3) is 0 Å². The van der Waals surface area contributed by atoms with Crippen molar-refractivity contribution in [1.82, 2.24) is 0 Å². The lowest BCUT2D eigenvalue weighted by Crippen LogP contribution is -2.19. The second kappa shape index (κ2) is 14.1. The predicted molar refractivity (Wildman–Crippen MR) is 69.0 cm³/mol. The van der Waals surface area contributed by atoms with Crippen LogP contribution < -0.4 is 0 Å². The second-order valence-electron chi connectivity index (χ2n) is 3.76. The highest BCUT2D eigenvalue weighted by molar-refractivity contribution is 4.82. The third kappa shape index (κ3) is 19.1. The van der Waals surface area contributed by atoms with Gasteiger partial charge in [-0.2, -0.15) is 13.2 Å². The van der Waals surface area contributed by atoms with Gasteiger partial charge < -0.3 is 23.7 Å². The van der Waals surface area contributed by atoms with Gasteiger partial charge in [-0.15, -0.1) is 6.42 Å². The lowest BCUT2D eigenvalue weighted by atomic mass is 10.6. The van der Waals surface area contributed by atoms with Crippen molar-refractivity contribution in [2.45, 2.75) is 6.18 Å². The standard InChI is InChI=1S/C13H21F3O5/c1-2-3-17-4-5-18-6-7-19-8-9-20-10-11-21-12-13(14,15)16/h1H,3-12H2. The molecule has 21 heavy (non-hydrogen) atoms. The molecule has 0 atom stereocenters. The minimum atomic E-state index is -4.30. The molecule has 0 aromatic rings. The molecule has 0 saturated carbocycles. The molecule has 0 aromatic carbocycles. The van der Waals surface area contributed by atoms with E-state index >= 15 is 0 Å². The summed E-state index contributed by atoms with van der Waals surface area (Å²) in [4.78, 5) is 0. The van der Waals surface area contributed by atoms with Crippen molar-refractivity contribution in [2.75, 3.05) is 66.1 Å². The molecule has 0 rings (SSSR count). The topological polar surface area (TPSA) is 46.2 Å². The predicted octanol–water partition coefficient (Wildman–Crippen LogP) is 1.26. The summed E-state index contributed by atoms with van der Waals surface area (Å²) in [5, 5.41) is 0. The summed E-state index contributed by atoms with van der Waals surface area (Å²) in [5.41, 5.74) is 0. The van der Waals surface area contributed by atoms with Crippen LogP contribution in [0.15, 0.2) is 0 Å². The Hall–Kier alpha value is -0.850. The first kappa shape index (κ1) is 20.1. The number of terminal acetylenes is 1. The molecule has 0 heterocycles. The van der Waals surface area contributed by atoms with Crippen molar-refractivity contribution in [2.24, 2.45) is 0 Å². The van der Waals surface area contributed by atoms with Crippen LogP contribution in [-0.4, -0.2) is 72.2 Å². The van der Waals surface area contributed by atoms with Gasteiger partial charge in [0.1, 0.15) is 13.2 Å². The first-order chi connectivity index (χ1) is 10.1. The summed E-state index contributed by atoms with van der Waals surface area (Å²) < 4.78 is 59.9. The van der Waals surface area contributed by atoms with E-state index in [1.165, 1.54) is 0 Å². The molecule has 8 heteroatoms. The van der Waals surface area contributed by atoms with E-state index in [1.54, 1.807) is 0 Å². The van der Waals surface area contributed by atoms with E-state index in [-0.39, 0.29) is 19.8 Å². The van der Waals surface area contributed by atoms with E-state index < -0.39 is 12.8 Å². The minimum Gasteiger partial charge on any atom is -0.377 e. The summed E-state index contributed by atoms with van der Waals surface area (Å²) in [5.74, 6) is 2.34. The van der Waals surface area contributed by atoms with Gasteiger partial charge in [0.05, 0.1) is 52.9 Å². The third-order valence-electron chi connectivity index (χ3n) is 1.94. The number of rotatable bonds is 14. The van der Waals surface area contributed by atoms with Gasteiger partial charge in [0.15, 0.2) is 0 Å². The molecule has 0 aliphatic carbocycles. The molecule has 0 aromatic heterocycles. The Labute approximate surface area is 122 Å². The fourth-order valence-corrected chi connectivity index (χ4v) is 1.10. The Morgan fingerprint density at radius 2 is 1.05 bits per heavy atom. The highest BCUT2D eigenvalue weighted by Gasteiger charge is 2.27. The van der Waals surface area contributed by atoms with Gasteiger partial charge in [-0.05, 0) is 0 Å². The quantitative estimate of drug-likeness (QED) is 0.357. The maximum Gasteiger partial charge on any atom is 0.411 e. The van der Waals surface area contributed by atoms with Crippen LogP contribution in [0.3, 0.4) is 0 Å². The Balaban J connectivity index is 3.02. The number of alkyl halides is 3. The van der Waals surface area contributed by atoms with Crippen LogP contribution >= 0.6 is 0 Å². The Bertz CT molecular complexity index is 266. The van der Waals surface area contributed by atoms with Gasteiger partial charge in [-0.3, -0.25) is 0 Å². The fraction of sp³-hybridized carbons (Fsp3) is 0.846. The molecule has 0 radical (unpaired) electrons. The molecule has 0 unspecified atom stereocenters.